The van der Waals surface area contributed by atoms with E-state index in [1.807, 2.05) is 37.3 Å². The number of benzene rings is 1. The molecule has 2 heterocycles. The number of nitrogens with one attached hydrogen (secondary N) is 3. The number of carbonyl (C=O) groups is 1. The van der Waals surface area contributed by atoms with Gasteiger partial charge in [0, 0.05) is 35.1 Å². The Morgan fingerprint density at radius 3 is 2.68 bits per heavy atom. The number of aromatic amines is 1. The summed E-state index contributed by atoms with van der Waals surface area (Å²) in [5, 5.41) is 20.4. The van der Waals surface area contributed by atoms with E-state index in [0.29, 0.717) is 24.0 Å². The molecule has 31 heavy (non-hydrogen) atoms. The Bertz CT molecular complexity index is 997. The van der Waals surface area contributed by atoms with E-state index in [1.165, 1.54) is 0 Å². The molecule has 1 aliphatic rings. The Hall–Kier alpha value is -3.49. The second kappa shape index (κ2) is 9.55. The summed E-state index contributed by atoms with van der Waals surface area (Å²) in [6, 6.07) is 9.40. The summed E-state index contributed by atoms with van der Waals surface area (Å²) < 4.78 is 5.42. The van der Waals surface area contributed by atoms with Gasteiger partial charge in [0.2, 0.25) is 11.7 Å². The fourth-order valence-corrected chi connectivity index (χ4v) is 3.86. The molecule has 9 nitrogen and oxygen atoms in total. The largest absolute Gasteiger partial charge is 0.478 e. The minimum atomic E-state index is -0.200. The van der Waals surface area contributed by atoms with Crippen molar-refractivity contribution < 1.29 is 9.53 Å². The topological polar surface area (TPSA) is 118 Å². The third-order valence-corrected chi connectivity index (χ3v) is 5.55. The van der Waals surface area contributed by atoms with Gasteiger partial charge in [-0.25, -0.2) is 9.78 Å². The highest BCUT2D eigenvalue weighted by molar-refractivity contribution is 5.92. The molecular weight excluding hydrogens is 394 g/mol. The number of pyridine rings is 1. The summed E-state index contributed by atoms with van der Waals surface area (Å²) >= 11 is 0. The number of tetrazole rings is 1. The summed E-state index contributed by atoms with van der Waals surface area (Å²) in [4.78, 5) is 16.9. The number of hydrogen-bond donors (Lipinski definition) is 3. The summed E-state index contributed by atoms with van der Waals surface area (Å²) in [7, 11) is 0. The third-order valence-electron chi connectivity index (χ3n) is 5.55. The molecule has 0 aliphatic heterocycles. The molecule has 0 atom stereocenters. The van der Waals surface area contributed by atoms with Crippen molar-refractivity contribution in [1.29, 1.82) is 0 Å². The van der Waals surface area contributed by atoms with E-state index in [-0.39, 0.29) is 12.1 Å². The molecule has 1 aromatic carbocycles. The maximum absolute atomic E-state index is 12.5. The zero-order chi connectivity index (χ0) is 21.6. The number of aromatic nitrogens is 5. The van der Waals surface area contributed by atoms with E-state index in [4.69, 9.17) is 4.74 Å². The highest BCUT2D eigenvalue weighted by Gasteiger charge is 2.20. The predicted molar refractivity (Wildman–Crippen MR) is 118 cm³/mol. The first-order valence-electron chi connectivity index (χ1n) is 10.7. The average Bonchev–Trinajstić information content (AvgIpc) is 3.31. The first kappa shape index (κ1) is 20.8. The van der Waals surface area contributed by atoms with Gasteiger partial charge in [0.05, 0.1) is 6.61 Å². The van der Waals surface area contributed by atoms with E-state index in [2.05, 4.69) is 43.2 Å². The Kier molecular flexibility index (Phi) is 6.40. The number of amides is 2. The summed E-state index contributed by atoms with van der Waals surface area (Å²) in [6.07, 6.45) is 6.09. The maximum Gasteiger partial charge on any atom is 0.319 e. The first-order chi connectivity index (χ1) is 15.1. The number of nitrogens with zero attached hydrogens (tertiary/aromatic N) is 4. The van der Waals surface area contributed by atoms with Crippen LogP contribution < -0.4 is 15.4 Å². The van der Waals surface area contributed by atoms with Gasteiger partial charge >= 0.3 is 6.03 Å². The van der Waals surface area contributed by atoms with E-state index in [9.17, 15) is 4.79 Å². The van der Waals surface area contributed by atoms with E-state index in [1.54, 1.807) is 6.20 Å². The second-order valence-electron chi connectivity index (χ2n) is 7.87. The van der Waals surface area contributed by atoms with Crippen LogP contribution in [0.3, 0.4) is 0 Å². The SMILES string of the molecule is CCOc1ccc(-c2ccc(NC(=O)NC3CCC(C)CC3)cc2-c2nn[nH]n2)cn1. The molecule has 1 fully saturated rings. The molecule has 3 aromatic rings. The standard InChI is InChI=1S/C22H27N7O2/c1-3-31-20-11-6-15(13-23-20)18-10-9-17(12-19(18)21-26-28-29-27-21)25-22(30)24-16-7-4-14(2)5-8-16/h6,9-14,16H,3-5,7-8H2,1-2H3,(H2,24,25,30)(H,26,27,28,29). The number of hydrogen-bond acceptors (Lipinski definition) is 6. The summed E-state index contributed by atoms with van der Waals surface area (Å²) in [5.74, 6) is 1.75. The lowest BCUT2D eigenvalue weighted by molar-refractivity contribution is 0.239. The molecule has 9 heteroatoms. The lowest BCUT2D eigenvalue weighted by Gasteiger charge is -2.27. The summed E-state index contributed by atoms with van der Waals surface area (Å²) in [5.41, 5.74) is 3.16. The van der Waals surface area contributed by atoms with Gasteiger partial charge in [-0.05, 0) is 67.5 Å². The van der Waals surface area contributed by atoms with Crippen molar-refractivity contribution in [3.8, 4) is 28.4 Å². The van der Waals surface area contributed by atoms with E-state index in [0.717, 1.165) is 48.3 Å². The monoisotopic (exact) mass is 421 g/mol. The van der Waals surface area contributed by atoms with Crippen molar-refractivity contribution in [2.75, 3.05) is 11.9 Å². The van der Waals surface area contributed by atoms with Gasteiger partial charge in [-0.1, -0.05) is 13.0 Å². The number of H-pyrrole nitrogens is 1. The molecule has 3 N–H and O–H groups in total. The molecule has 2 amide bonds. The van der Waals surface area contributed by atoms with E-state index < -0.39 is 0 Å². The number of rotatable bonds is 6. The Balaban J connectivity index is 1.54. The molecule has 2 aromatic heterocycles. The average molecular weight is 422 g/mol. The Morgan fingerprint density at radius 1 is 1.16 bits per heavy atom. The van der Waals surface area contributed by atoms with Crippen LogP contribution in [0.1, 0.15) is 39.5 Å². The zero-order valence-electron chi connectivity index (χ0n) is 17.8. The summed E-state index contributed by atoms with van der Waals surface area (Å²) in [6.45, 7) is 4.74. The quantitative estimate of drug-likeness (QED) is 0.553. The van der Waals surface area contributed by atoms with Crippen molar-refractivity contribution in [3.05, 3.63) is 36.5 Å². The molecule has 1 saturated carbocycles. The fourth-order valence-electron chi connectivity index (χ4n) is 3.86. The molecule has 0 bridgehead atoms. The number of ether oxygens (including phenoxy) is 1. The van der Waals surface area contributed by atoms with Gasteiger partial charge in [-0.2, -0.15) is 5.21 Å². The Labute approximate surface area is 181 Å². The van der Waals surface area contributed by atoms with Crippen molar-refractivity contribution in [2.45, 2.75) is 45.6 Å². The van der Waals surface area contributed by atoms with Crippen LogP contribution >= 0.6 is 0 Å². The molecular formula is C22H27N7O2. The van der Waals surface area contributed by atoms with Crippen LogP contribution in [-0.2, 0) is 0 Å². The highest BCUT2D eigenvalue weighted by atomic mass is 16.5. The minimum absolute atomic E-state index is 0.200. The van der Waals surface area contributed by atoms with Crippen LogP contribution in [-0.4, -0.2) is 44.3 Å². The lowest BCUT2D eigenvalue weighted by atomic mass is 9.87. The molecule has 0 unspecified atom stereocenters. The smallest absolute Gasteiger partial charge is 0.319 e. The first-order valence-corrected chi connectivity index (χ1v) is 10.7. The van der Waals surface area contributed by atoms with Gasteiger partial charge < -0.3 is 15.4 Å². The molecule has 0 radical (unpaired) electrons. The number of anilines is 1. The van der Waals surface area contributed by atoms with Gasteiger partial charge in [0.1, 0.15) is 0 Å². The molecule has 0 saturated heterocycles. The molecule has 0 spiro atoms. The van der Waals surface area contributed by atoms with Crippen molar-refractivity contribution in [2.24, 2.45) is 5.92 Å². The van der Waals surface area contributed by atoms with Crippen LogP contribution in [0.15, 0.2) is 36.5 Å². The van der Waals surface area contributed by atoms with Crippen molar-refractivity contribution >= 4 is 11.7 Å². The number of urea groups is 1. The van der Waals surface area contributed by atoms with Crippen LogP contribution in [0.5, 0.6) is 5.88 Å². The van der Waals surface area contributed by atoms with Crippen LogP contribution in [0, 0.1) is 5.92 Å². The van der Waals surface area contributed by atoms with Gasteiger partial charge in [0.15, 0.2) is 0 Å². The predicted octanol–water partition coefficient (Wildman–Crippen LogP) is 4.03. The third kappa shape index (κ3) is 5.17. The fraction of sp³-hybridized carbons (Fsp3) is 0.409. The van der Waals surface area contributed by atoms with Crippen molar-refractivity contribution in [3.63, 3.8) is 0 Å². The maximum atomic E-state index is 12.5. The minimum Gasteiger partial charge on any atom is -0.478 e. The zero-order valence-corrected chi connectivity index (χ0v) is 17.8. The highest BCUT2D eigenvalue weighted by Crippen LogP contribution is 2.32. The van der Waals surface area contributed by atoms with Gasteiger partial charge in [-0.3, -0.25) is 0 Å². The van der Waals surface area contributed by atoms with Crippen LogP contribution in [0.25, 0.3) is 22.5 Å². The number of carbonyl (C=O) groups excluding carboxylic acids is 1. The molecule has 1 aliphatic carbocycles. The normalized spacial score (nSPS) is 18.4. The van der Waals surface area contributed by atoms with Gasteiger partial charge in [-0.15, -0.1) is 10.2 Å². The molecule has 162 valence electrons. The van der Waals surface area contributed by atoms with Gasteiger partial charge in [0.25, 0.3) is 0 Å². The Morgan fingerprint density at radius 2 is 2.00 bits per heavy atom. The molecule has 4 rings (SSSR count). The van der Waals surface area contributed by atoms with Crippen LogP contribution in [0.2, 0.25) is 0 Å². The second-order valence-corrected chi connectivity index (χ2v) is 7.87. The van der Waals surface area contributed by atoms with E-state index >= 15 is 0 Å². The van der Waals surface area contributed by atoms with Crippen molar-refractivity contribution in [1.82, 2.24) is 30.9 Å². The van der Waals surface area contributed by atoms with Crippen LogP contribution in [0.4, 0.5) is 10.5 Å². The lowest BCUT2D eigenvalue weighted by Crippen LogP contribution is -2.39.